The molecule has 1 aliphatic rings. The lowest BCUT2D eigenvalue weighted by Gasteiger charge is -2.16. The van der Waals surface area contributed by atoms with E-state index in [0.717, 1.165) is 0 Å². The summed E-state index contributed by atoms with van der Waals surface area (Å²) in [6, 6.07) is 0. The molecule has 0 saturated carbocycles. The van der Waals surface area contributed by atoms with Crippen LogP contribution < -0.4 is 5.14 Å². The Morgan fingerprint density at radius 2 is 2.31 bits per heavy atom. The van der Waals surface area contributed by atoms with Crippen LogP contribution in [0.5, 0.6) is 0 Å². The predicted molar refractivity (Wildman–Crippen MR) is 47.3 cm³/mol. The van der Waals surface area contributed by atoms with Gasteiger partial charge < -0.3 is 0 Å². The van der Waals surface area contributed by atoms with E-state index in [1.807, 2.05) is 0 Å². The summed E-state index contributed by atoms with van der Waals surface area (Å²) in [5, 5.41) is 4.71. The monoisotopic (exact) mass is 203 g/mol. The van der Waals surface area contributed by atoms with Gasteiger partial charge in [0, 0.05) is 12.4 Å². The van der Waals surface area contributed by atoms with E-state index in [9.17, 15) is 13.2 Å². The second kappa shape index (κ2) is 3.67. The molecule has 0 bridgehead atoms. The molecule has 0 spiro atoms. The Morgan fingerprint density at radius 1 is 1.62 bits per heavy atom. The zero-order chi connectivity index (χ0) is 9.90. The lowest BCUT2D eigenvalue weighted by Crippen LogP contribution is -2.35. The highest BCUT2D eigenvalue weighted by atomic mass is 32.2. The van der Waals surface area contributed by atoms with Crippen molar-refractivity contribution in [2.45, 2.75) is 0 Å². The summed E-state index contributed by atoms with van der Waals surface area (Å²) >= 11 is 0. The minimum atomic E-state index is -3.75. The number of amides is 1. The summed E-state index contributed by atoms with van der Waals surface area (Å²) < 4.78 is 21.1. The van der Waals surface area contributed by atoms with Crippen molar-refractivity contribution >= 4 is 22.1 Å². The third-order valence-corrected chi connectivity index (χ3v) is 1.99. The van der Waals surface area contributed by atoms with Crippen LogP contribution in [-0.4, -0.2) is 37.9 Å². The van der Waals surface area contributed by atoms with Crippen LogP contribution in [0.1, 0.15) is 0 Å². The highest BCUT2D eigenvalue weighted by Gasteiger charge is 2.17. The maximum absolute atomic E-state index is 11.2. The molecule has 0 fully saturated rings. The van der Waals surface area contributed by atoms with Crippen molar-refractivity contribution in [3.05, 3.63) is 12.3 Å². The van der Waals surface area contributed by atoms with Crippen LogP contribution in [0.2, 0.25) is 0 Å². The van der Waals surface area contributed by atoms with Crippen LogP contribution in [0.25, 0.3) is 0 Å². The van der Waals surface area contributed by atoms with Gasteiger partial charge >= 0.3 is 0 Å². The molecule has 0 atom stereocenters. The first-order valence-electron chi connectivity index (χ1n) is 3.45. The number of nitrogens with two attached hydrogens (primary N) is 1. The van der Waals surface area contributed by atoms with Crippen LogP contribution in [0, 0.1) is 0 Å². The van der Waals surface area contributed by atoms with E-state index in [1.165, 1.54) is 17.3 Å². The highest BCUT2D eigenvalue weighted by Crippen LogP contribution is 1.97. The standard InChI is InChI=1S/C6H9N3O3S/c7-13(11,12)4-6(10)9-3-1-2-8-5-9/h1-3H,4-5H2,(H2,7,11,12). The van der Waals surface area contributed by atoms with E-state index in [2.05, 4.69) is 4.99 Å². The van der Waals surface area contributed by atoms with E-state index in [0.29, 0.717) is 0 Å². The van der Waals surface area contributed by atoms with E-state index in [1.54, 1.807) is 6.08 Å². The molecule has 0 saturated heterocycles. The maximum atomic E-state index is 11.2. The summed E-state index contributed by atoms with van der Waals surface area (Å²) in [7, 11) is -3.75. The lowest BCUT2D eigenvalue weighted by atomic mass is 10.5. The fourth-order valence-electron chi connectivity index (χ4n) is 0.803. The average Bonchev–Trinajstić information content (AvgIpc) is 2.03. The molecule has 0 aliphatic carbocycles. The fourth-order valence-corrected chi connectivity index (χ4v) is 1.31. The van der Waals surface area contributed by atoms with E-state index >= 15 is 0 Å². The Balaban J connectivity index is 2.59. The van der Waals surface area contributed by atoms with Gasteiger partial charge in [-0.05, 0) is 6.08 Å². The number of sulfonamides is 1. The number of hydrogen-bond donors (Lipinski definition) is 1. The molecule has 0 aromatic carbocycles. The first-order valence-corrected chi connectivity index (χ1v) is 5.17. The number of allylic oxidation sites excluding steroid dienone is 1. The van der Waals surface area contributed by atoms with Gasteiger partial charge in [0.05, 0.1) is 0 Å². The molecule has 1 aliphatic heterocycles. The minimum Gasteiger partial charge on any atom is -0.298 e. The van der Waals surface area contributed by atoms with Gasteiger partial charge in [-0.1, -0.05) is 0 Å². The molecule has 7 heteroatoms. The molecule has 0 aromatic rings. The van der Waals surface area contributed by atoms with Gasteiger partial charge in [0.1, 0.15) is 12.4 Å². The summed E-state index contributed by atoms with van der Waals surface area (Å²) in [5.41, 5.74) is 0. The number of hydrogen-bond acceptors (Lipinski definition) is 4. The smallest absolute Gasteiger partial charge is 0.244 e. The fraction of sp³-hybridized carbons (Fsp3) is 0.333. The second-order valence-corrected chi connectivity index (χ2v) is 4.10. The normalized spacial score (nSPS) is 16.2. The molecule has 1 heterocycles. The second-order valence-electron chi connectivity index (χ2n) is 2.49. The number of carbonyl (C=O) groups excluding carboxylic acids is 1. The van der Waals surface area contributed by atoms with Crippen molar-refractivity contribution in [3.63, 3.8) is 0 Å². The van der Waals surface area contributed by atoms with Crippen LogP contribution >= 0.6 is 0 Å². The number of rotatable bonds is 2. The zero-order valence-electron chi connectivity index (χ0n) is 6.75. The van der Waals surface area contributed by atoms with Crippen LogP contribution in [0.3, 0.4) is 0 Å². The summed E-state index contributed by atoms with van der Waals surface area (Å²) in [4.78, 5) is 16.1. The Morgan fingerprint density at radius 3 is 2.77 bits per heavy atom. The average molecular weight is 203 g/mol. The Hall–Kier alpha value is -1.21. The first kappa shape index (κ1) is 9.87. The van der Waals surface area contributed by atoms with E-state index in [-0.39, 0.29) is 6.67 Å². The van der Waals surface area contributed by atoms with Crippen molar-refractivity contribution in [3.8, 4) is 0 Å². The molecular formula is C6H9N3O3S. The van der Waals surface area contributed by atoms with Gasteiger partial charge in [0.2, 0.25) is 15.9 Å². The van der Waals surface area contributed by atoms with Crippen LogP contribution in [-0.2, 0) is 14.8 Å². The number of primary sulfonamides is 1. The van der Waals surface area contributed by atoms with Crippen molar-refractivity contribution < 1.29 is 13.2 Å². The highest BCUT2D eigenvalue weighted by molar-refractivity contribution is 7.89. The molecule has 6 nitrogen and oxygen atoms in total. The summed E-state index contributed by atoms with van der Waals surface area (Å²) in [6.07, 6.45) is 4.53. The Bertz CT molecular complexity index is 357. The maximum Gasteiger partial charge on any atom is 0.244 e. The van der Waals surface area contributed by atoms with Crippen LogP contribution in [0.15, 0.2) is 17.3 Å². The van der Waals surface area contributed by atoms with E-state index < -0.39 is 21.7 Å². The third-order valence-electron chi connectivity index (χ3n) is 1.34. The van der Waals surface area contributed by atoms with E-state index in [4.69, 9.17) is 5.14 Å². The summed E-state index contributed by atoms with van der Waals surface area (Å²) in [5.74, 6) is -1.26. The van der Waals surface area contributed by atoms with Gasteiger partial charge in [0.15, 0.2) is 0 Å². The van der Waals surface area contributed by atoms with Crippen molar-refractivity contribution in [1.29, 1.82) is 0 Å². The third kappa shape index (κ3) is 3.34. The molecule has 1 rings (SSSR count). The van der Waals surface area contributed by atoms with Gasteiger partial charge in [-0.15, -0.1) is 0 Å². The van der Waals surface area contributed by atoms with Gasteiger partial charge in [0.25, 0.3) is 0 Å². The zero-order valence-corrected chi connectivity index (χ0v) is 7.57. The van der Waals surface area contributed by atoms with Crippen molar-refractivity contribution in [1.82, 2.24) is 4.90 Å². The van der Waals surface area contributed by atoms with Gasteiger partial charge in [-0.2, -0.15) is 0 Å². The molecule has 13 heavy (non-hydrogen) atoms. The molecule has 2 N–H and O–H groups in total. The van der Waals surface area contributed by atoms with Crippen molar-refractivity contribution in [2.24, 2.45) is 10.1 Å². The predicted octanol–water partition coefficient (Wildman–Crippen LogP) is -1.34. The molecule has 0 radical (unpaired) electrons. The molecule has 0 unspecified atom stereocenters. The van der Waals surface area contributed by atoms with Crippen molar-refractivity contribution in [2.75, 3.05) is 12.4 Å². The van der Waals surface area contributed by atoms with Gasteiger partial charge in [-0.25, -0.2) is 13.6 Å². The quantitative estimate of drug-likeness (QED) is 0.602. The largest absolute Gasteiger partial charge is 0.298 e. The van der Waals surface area contributed by atoms with Crippen LogP contribution in [0.4, 0.5) is 0 Å². The van der Waals surface area contributed by atoms with Gasteiger partial charge in [-0.3, -0.25) is 14.7 Å². The number of nitrogens with zero attached hydrogens (tertiary/aromatic N) is 2. The number of aliphatic imine (C=N–C) groups is 1. The lowest BCUT2D eigenvalue weighted by molar-refractivity contribution is -0.125. The topological polar surface area (TPSA) is 92.8 Å². The Labute approximate surface area is 75.8 Å². The first-order chi connectivity index (χ1) is 5.99. The molecule has 0 aromatic heterocycles. The molecular weight excluding hydrogens is 194 g/mol. The molecule has 1 amide bonds. The summed E-state index contributed by atoms with van der Waals surface area (Å²) in [6.45, 7) is 0.144. The minimum absolute atomic E-state index is 0.144. The SMILES string of the molecule is NS(=O)(=O)CC(=O)N1C=CC=NC1. The number of carbonyl (C=O) groups is 1. The Kier molecular flexibility index (Phi) is 2.79. The molecule has 72 valence electrons.